The van der Waals surface area contributed by atoms with Gasteiger partial charge in [-0.05, 0) is 53.4 Å². The zero-order valence-corrected chi connectivity index (χ0v) is 15.7. The molecule has 21 heavy (non-hydrogen) atoms. The quantitative estimate of drug-likeness (QED) is 0.648. The van der Waals surface area contributed by atoms with Gasteiger partial charge in [-0.15, -0.1) is 11.3 Å². The molecule has 0 saturated carbocycles. The van der Waals surface area contributed by atoms with Gasteiger partial charge in [0.25, 0.3) is 10.0 Å². The minimum absolute atomic E-state index is 0.259. The molecule has 0 radical (unpaired) electrons. The summed E-state index contributed by atoms with van der Waals surface area (Å²) in [5.41, 5.74) is 0.386. The average Bonchev–Trinajstić information content (AvgIpc) is 2.89. The topological polar surface area (TPSA) is 58.2 Å². The largest absolute Gasteiger partial charge is 0.312 e. The van der Waals surface area contributed by atoms with Gasteiger partial charge in [-0.1, -0.05) is 18.5 Å². The fraction of sp³-hybridized carbons (Fsp3) is 0.231. The first-order valence-electron chi connectivity index (χ1n) is 6.18. The number of hydrogen-bond acceptors (Lipinski definition) is 4. The molecule has 0 aliphatic rings. The second kappa shape index (κ2) is 7.28. The minimum atomic E-state index is -3.61. The van der Waals surface area contributed by atoms with Crippen molar-refractivity contribution in [2.75, 3.05) is 11.3 Å². The summed E-state index contributed by atoms with van der Waals surface area (Å²) in [5, 5.41) is 5.19. The van der Waals surface area contributed by atoms with Gasteiger partial charge >= 0.3 is 0 Å². The van der Waals surface area contributed by atoms with Crippen LogP contribution in [-0.4, -0.2) is 15.0 Å². The molecule has 0 fully saturated rings. The lowest BCUT2D eigenvalue weighted by Crippen LogP contribution is -2.13. The van der Waals surface area contributed by atoms with Crippen LogP contribution in [0.2, 0.25) is 5.02 Å². The number of hydrogen-bond donors (Lipinski definition) is 2. The van der Waals surface area contributed by atoms with Crippen LogP contribution < -0.4 is 10.0 Å². The van der Waals surface area contributed by atoms with Gasteiger partial charge < -0.3 is 5.32 Å². The normalized spacial score (nSPS) is 11.6. The highest BCUT2D eigenvalue weighted by Crippen LogP contribution is 2.27. The van der Waals surface area contributed by atoms with Crippen LogP contribution in [0.1, 0.15) is 11.8 Å². The molecular formula is C13H14ClIN2O2S2. The van der Waals surface area contributed by atoms with E-state index in [9.17, 15) is 8.42 Å². The molecule has 0 bridgehead atoms. The molecular weight excluding hydrogens is 443 g/mol. The third kappa shape index (κ3) is 4.56. The van der Waals surface area contributed by atoms with Crippen molar-refractivity contribution in [2.24, 2.45) is 0 Å². The van der Waals surface area contributed by atoms with Crippen molar-refractivity contribution in [2.45, 2.75) is 18.4 Å². The van der Waals surface area contributed by atoms with E-state index in [1.807, 2.05) is 6.92 Å². The molecule has 2 rings (SSSR count). The Morgan fingerprint density at radius 1 is 1.33 bits per heavy atom. The van der Waals surface area contributed by atoms with E-state index in [0.717, 1.165) is 15.0 Å². The number of benzene rings is 1. The maximum absolute atomic E-state index is 12.3. The van der Waals surface area contributed by atoms with Crippen LogP contribution >= 0.6 is 45.5 Å². The first-order valence-corrected chi connectivity index (χ1v) is 10.0. The fourth-order valence-electron chi connectivity index (χ4n) is 1.62. The lowest BCUT2D eigenvalue weighted by atomic mass is 10.3. The van der Waals surface area contributed by atoms with Gasteiger partial charge in [-0.2, -0.15) is 0 Å². The fourth-order valence-corrected chi connectivity index (χ4v) is 4.90. The lowest BCUT2D eigenvalue weighted by Gasteiger charge is -2.08. The molecule has 1 heterocycles. The van der Waals surface area contributed by atoms with Gasteiger partial charge in [0.1, 0.15) is 0 Å². The molecule has 2 N–H and O–H groups in total. The van der Waals surface area contributed by atoms with Gasteiger partial charge in [0.15, 0.2) is 0 Å². The first kappa shape index (κ1) is 17.0. The third-order valence-corrected chi connectivity index (χ3v) is 6.08. The number of halogens is 2. The van der Waals surface area contributed by atoms with Crippen LogP contribution in [0.15, 0.2) is 34.5 Å². The molecule has 0 spiro atoms. The molecule has 0 unspecified atom stereocenters. The molecule has 0 saturated heterocycles. The third-order valence-electron chi connectivity index (χ3n) is 2.66. The van der Waals surface area contributed by atoms with Crippen LogP contribution in [0.5, 0.6) is 0 Å². The van der Waals surface area contributed by atoms with Crippen molar-refractivity contribution in [3.05, 3.63) is 43.1 Å². The molecule has 0 amide bonds. The predicted octanol–water partition coefficient (Wildman–Crippen LogP) is 3.92. The predicted molar refractivity (Wildman–Crippen MR) is 96.7 cm³/mol. The standard InChI is InChI=1S/C13H14ClIN2O2S2/c1-2-16-7-10-6-11(8-20-10)21(18,19)17-13-4-3-9(15)5-12(13)14/h3-6,8,16-17H,2,7H2,1H3. The van der Waals surface area contributed by atoms with E-state index >= 15 is 0 Å². The first-order chi connectivity index (χ1) is 9.92. The highest BCUT2D eigenvalue weighted by molar-refractivity contribution is 14.1. The van der Waals surface area contributed by atoms with E-state index < -0.39 is 10.0 Å². The van der Waals surface area contributed by atoms with Crippen LogP contribution in [0.25, 0.3) is 0 Å². The summed E-state index contributed by atoms with van der Waals surface area (Å²) in [4.78, 5) is 1.24. The number of thiophene rings is 1. The Kier molecular flexibility index (Phi) is 5.89. The Balaban J connectivity index is 2.19. The van der Waals surface area contributed by atoms with Crippen molar-refractivity contribution in [1.82, 2.24) is 5.32 Å². The summed E-state index contributed by atoms with van der Waals surface area (Å²) in [6, 6.07) is 6.85. The molecule has 1 aromatic heterocycles. The van der Waals surface area contributed by atoms with Crippen LogP contribution in [0, 0.1) is 3.57 Å². The van der Waals surface area contributed by atoms with E-state index in [2.05, 4.69) is 32.6 Å². The monoisotopic (exact) mass is 456 g/mol. The molecule has 114 valence electrons. The van der Waals surface area contributed by atoms with Crippen LogP contribution in [0.4, 0.5) is 5.69 Å². The Morgan fingerprint density at radius 3 is 2.76 bits per heavy atom. The highest BCUT2D eigenvalue weighted by Gasteiger charge is 2.17. The molecule has 1 aromatic carbocycles. The van der Waals surface area contributed by atoms with E-state index in [1.54, 1.807) is 29.6 Å². The molecule has 0 aliphatic carbocycles. The number of sulfonamides is 1. The van der Waals surface area contributed by atoms with Gasteiger partial charge in [-0.3, -0.25) is 4.72 Å². The van der Waals surface area contributed by atoms with Gasteiger partial charge in [-0.25, -0.2) is 8.42 Å². The highest BCUT2D eigenvalue weighted by atomic mass is 127. The van der Waals surface area contributed by atoms with Crippen molar-refractivity contribution in [1.29, 1.82) is 0 Å². The maximum Gasteiger partial charge on any atom is 0.262 e. The van der Waals surface area contributed by atoms with E-state index in [-0.39, 0.29) is 4.90 Å². The Bertz CT molecular complexity index is 732. The van der Waals surface area contributed by atoms with Crippen molar-refractivity contribution < 1.29 is 8.42 Å². The van der Waals surface area contributed by atoms with Gasteiger partial charge in [0.05, 0.1) is 15.6 Å². The Hall–Kier alpha value is -0.350. The van der Waals surface area contributed by atoms with Crippen molar-refractivity contribution in [3.8, 4) is 0 Å². The number of anilines is 1. The van der Waals surface area contributed by atoms with E-state index in [4.69, 9.17) is 11.6 Å². The second-order valence-electron chi connectivity index (χ2n) is 4.26. The Morgan fingerprint density at radius 2 is 2.10 bits per heavy atom. The summed E-state index contributed by atoms with van der Waals surface area (Å²) in [7, 11) is -3.61. The van der Waals surface area contributed by atoms with E-state index in [0.29, 0.717) is 17.3 Å². The molecule has 2 aromatic rings. The number of nitrogens with one attached hydrogen (secondary N) is 2. The van der Waals surface area contributed by atoms with Crippen LogP contribution in [0.3, 0.4) is 0 Å². The zero-order valence-electron chi connectivity index (χ0n) is 11.2. The van der Waals surface area contributed by atoms with Crippen LogP contribution in [-0.2, 0) is 16.6 Å². The molecule has 4 nitrogen and oxygen atoms in total. The van der Waals surface area contributed by atoms with E-state index in [1.165, 1.54) is 11.3 Å². The maximum atomic E-state index is 12.3. The SMILES string of the molecule is CCNCc1cc(S(=O)(=O)Nc2ccc(I)cc2Cl)cs1. The van der Waals surface area contributed by atoms with Crippen molar-refractivity contribution in [3.63, 3.8) is 0 Å². The van der Waals surface area contributed by atoms with Crippen molar-refractivity contribution >= 4 is 61.2 Å². The zero-order chi connectivity index (χ0) is 15.5. The van der Waals surface area contributed by atoms with Gasteiger partial charge in [0.2, 0.25) is 0 Å². The molecule has 8 heteroatoms. The summed E-state index contributed by atoms with van der Waals surface area (Å²) in [5.74, 6) is 0. The summed E-state index contributed by atoms with van der Waals surface area (Å²) in [6.07, 6.45) is 0. The Labute approximate surface area is 147 Å². The smallest absolute Gasteiger partial charge is 0.262 e. The molecule has 0 aliphatic heterocycles. The lowest BCUT2D eigenvalue weighted by molar-refractivity contribution is 0.601. The average molecular weight is 457 g/mol. The minimum Gasteiger partial charge on any atom is -0.312 e. The molecule has 0 atom stereocenters. The van der Waals surface area contributed by atoms with Gasteiger partial charge in [0, 0.05) is 20.4 Å². The summed E-state index contributed by atoms with van der Waals surface area (Å²) >= 11 is 9.60. The number of rotatable bonds is 6. The second-order valence-corrected chi connectivity index (χ2v) is 8.59. The summed E-state index contributed by atoms with van der Waals surface area (Å²) < 4.78 is 28.2. The summed E-state index contributed by atoms with van der Waals surface area (Å²) in [6.45, 7) is 3.52.